The lowest BCUT2D eigenvalue weighted by Crippen LogP contribution is -1.91. The van der Waals surface area contributed by atoms with Gasteiger partial charge in [-0.15, -0.1) is 0 Å². The van der Waals surface area contributed by atoms with Gasteiger partial charge in [-0.05, 0) is 24.3 Å². The molecule has 3 nitrogen and oxygen atoms in total. The van der Waals surface area contributed by atoms with Gasteiger partial charge in [0, 0.05) is 47.0 Å². The third-order valence-electron chi connectivity index (χ3n) is 3.94. The second kappa shape index (κ2) is 6.97. The van der Waals surface area contributed by atoms with E-state index in [1.54, 1.807) is 12.4 Å². The van der Waals surface area contributed by atoms with E-state index in [1.807, 2.05) is 85.2 Å². The molecular formula is C22H16N2O. The molecule has 0 bridgehead atoms. The van der Waals surface area contributed by atoms with E-state index in [9.17, 15) is 0 Å². The Hall–Kier alpha value is -3.46. The van der Waals surface area contributed by atoms with Crippen molar-refractivity contribution < 1.29 is 4.74 Å². The minimum atomic E-state index is 0.798. The molecule has 4 aromatic rings. The highest BCUT2D eigenvalue weighted by molar-refractivity contribution is 5.73. The summed E-state index contributed by atoms with van der Waals surface area (Å²) in [4.78, 5) is 8.42. The molecule has 0 aliphatic rings. The molecule has 0 saturated carbocycles. The number of hydrogen-bond donors (Lipinski definition) is 0. The zero-order chi connectivity index (χ0) is 16.9. The fraction of sp³-hybridized carbons (Fsp3) is 0. The molecule has 0 N–H and O–H groups in total. The topological polar surface area (TPSA) is 35.0 Å². The van der Waals surface area contributed by atoms with Crippen molar-refractivity contribution in [1.29, 1.82) is 0 Å². The summed E-state index contributed by atoms with van der Waals surface area (Å²) < 4.78 is 6.29. The zero-order valence-corrected chi connectivity index (χ0v) is 13.5. The van der Waals surface area contributed by atoms with Crippen molar-refractivity contribution in [1.82, 2.24) is 9.97 Å². The Morgan fingerprint density at radius 3 is 1.44 bits per heavy atom. The van der Waals surface area contributed by atoms with Crippen LogP contribution in [0.4, 0.5) is 0 Å². The first kappa shape index (κ1) is 15.1. The van der Waals surface area contributed by atoms with E-state index in [0.717, 1.165) is 33.8 Å². The maximum Gasteiger partial charge on any atom is 0.135 e. The van der Waals surface area contributed by atoms with Gasteiger partial charge in [-0.1, -0.05) is 48.5 Å². The summed E-state index contributed by atoms with van der Waals surface area (Å²) in [5.41, 5.74) is 4.07. The van der Waals surface area contributed by atoms with Crippen LogP contribution in [0.2, 0.25) is 0 Å². The van der Waals surface area contributed by atoms with Gasteiger partial charge in [0.25, 0.3) is 0 Å². The van der Waals surface area contributed by atoms with E-state index in [0.29, 0.717) is 0 Å². The number of hydrogen-bond acceptors (Lipinski definition) is 3. The first-order valence-electron chi connectivity index (χ1n) is 8.08. The largest absolute Gasteiger partial charge is 0.456 e. The van der Waals surface area contributed by atoms with E-state index < -0.39 is 0 Å². The lowest BCUT2D eigenvalue weighted by Gasteiger charge is -2.14. The Bertz CT molecular complexity index is 888. The molecule has 0 radical (unpaired) electrons. The summed E-state index contributed by atoms with van der Waals surface area (Å²) in [6.07, 6.45) is 7.22. The minimum absolute atomic E-state index is 0.798. The SMILES string of the molecule is c1cncc(-c2ccccc2Oc2ccccc2-c2cccnc2)c1. The average Bonchev–Trinajstić information content (AvgIpc) is 2.70. The molecule has 0 spiro atoms. The van der Waals surface area contributed by atoms with Crippen molar-refractivity contribution in [3.05, 3.63) is 97.6 Å². The third-order valence-corrected chi connectivity index (χ3v) is 3.94. The summed E-state index contributed by atoms with van der Waals surface area (Å²) >= 11 is 0. The molecule has 120 valence electrons. The number of para-hydroxylation sites is 2. The van der Waals surface area contributed by atoms with Crippen LogP contribution >= 0.6 is 0 Å². The Morgan fingerprint density at radius 1 is 0.520 bits per heavy atom. The van der Waals surface area contributed by atoms with Crippen molar-refractivity contribution in [2.24, 2.45) is 0 Å². The maximum atomic E-state index is 6.29. The number of rotatable bonds is 4. The van der Waals surface area contributed by atoms with Gasteiger partial charge in [0.15, 0.2) is 0 Å². The van der Waals surface area contributed by atoms with Crippen LogP contribution in [0.5, 0.6) is 11.5 Å². The number of benzene rings is 2. The molecule has 4 rings (SSSR count). The van der Waals surface area contributed by atoms with Crippen molar-refractivity contribution in [3.63, 3.8) is 0 Å². The minimum Gasteiger partial charge on any atom is -0.456 e. The van der Waals surface area contributed by atoms with E-state index >= 15 is 0 Å². The predicted molar refractivity (Wildman–Crippen MR) is 99.4 cm³/mol. The van der Waals surface area contributed by atoms with Gasteiger partial charge in [0.2, 0.25) is 0 Å². The van der Waals surface area contributed by atoms with E-state index in [-0.39, 0.29) is 0 Å². The van der Waals surface area contributed by atoms with Crippen LogP contribution in [0, 0.1) is 0 Å². The smallest absolute Gasteiger partial charge is 0.135 e. The molecule has 0 unspecified atom stereocenters. The number of ether oxygens (including phenoxy) is 1. The quantitative estimate of drug-likeness (QED) is 0.490. The van der Waals surface area contributed by atoms with E-state index in [1.165, 1.54) is 0 Å². The summed E-state index contributed by atoms with van der Waals surface area (Å²) in [7, 11) is 0. The first-order chi connectivity index (χ1) is 12.4. The number of aromatic nitrogens is 2. The highest BCUT2D eigenvalue weighted by Gasteiger charge is 2.10. The van der Waals surface area contributed by atoms with Crippen LogP contribution in [0.25, 0.3) is 22.3 Å². The Morgan fingerprint density at radius 2 is 1.00 bits per heavy atom. The Kier molecular flexibility index (Phi) is 4.21. The molecule has 0 aliphatic heterocycles. The molecule has 0 atom stereocenters. The van der Waals surface area contributed by atoms with Crippen molar-refractivity contribution in [3.8, 4) is 33.8 Å². The van der Waals surface area contributed by atoms with Gasteiger partial charge in [0.05, 0.1) is 0 Å². The lowest BCUT2D eigenvalue weighted by molar-refractivity contribution is 0.486. The normalized spacial score (nSPS) is 10.4. The second-order valence-corrected chi connectivity index (χ2v) is 5.58. The molecule has 0 saturated heterocycles. The van der Waals surface area contributed by atoms with Crippen LogP contribution in [-0.2, 0) is 0 Å². The van der Waals surface area contributed by atoms with Crippen molar-refractivity contribution >= 4 is 0 Å². The molecule has 3 heteroatoms. The molecule has 0 fully saturated rings. The fourth-order valence-corrected chi connectivity index (χ4v) is 2.75. The third kappa shape index (κ3) is 3.26. The fourth-order valence-electron chi connectivity index (χ4n) is 2.75. The molecule has 2 aromatic carbocycles. The summed E-state index contributed by atoms with van der Waals surface area (Å²) in [5, 5.41) is 0. The summed E-state index contributed by atoms with van der Waals surface area (Å²) in [6.45, 7) is 0. The highest BCUT2D eigenvalue weighted by Crippen LogP contribution is 2.37. The lowest BCUT2D eigenvalue weighted by atomic mass is 10.1. The van der Waals surface area contributed by atoms with Crippen LogP contribution in [0.1, 0.15) is 0 Å². The highest BCUT2D eigenvalue weighted by atomic mass is 16.5. The van der Waals surface area contributed by atoms with E-state index in [4.69, 9.17) is 4.74 Å². The predicted octanol–water partition coefficient (Wildman–Crippen LogP) is 5.60. The van der Waals surface area contributed by atoms with Gasteiger partial charge < -0.3 is 4.74 Å². The summed E-state index contributed by atoms with van der Waals surface area (Å²) in [5.74, 6) is 1.60. The van der Waals surface area contributed by atoms with Crippen molar-refractivity contribution in [2.45, 2.75) is 0 Å². The molecular weight excluding hydrogens is 308 g/mol. The Balaban J connectivity index is 1.76. The summed E-state index contributed by atoms with van der Waals surface area (Å²) in [6, 6.07) is 23.9. The van der Waals surface area contributed by atoms with Gasteiger partial charge in [-0.25, -0.2) is 0 Å². The van der Waals surface area contributed by atoms with Gasteiger partial charge in [-0.3, -0.25) is 9.97 Å². The molecule has 2 heterocycles. The molecule has 0 aliphatic carbocycles. The molecule has 2 aromatic heterocycles. The van der Waals surface area contributed by atoms with Crippen LogP contribution < -0.4 is 4.74 Å². The van der Waals surface area contributed by atoms with E-state index in [2.05, 4.69) is 9.97 Å². The number of nitrogens with zero attached hydrogens (tertiary/aromatic N) is 2. The number of pyridine rings is 2. The van der Waals surface area contributed by atoms with Gasteiger partial charge in [-0.2, -0.15) is 0 Å². The van der Waals surface area contributed by atoms with Crippen LogP contribution in [0.3, 0.4) is 0 Å². The van der Waals surface area contributed by atoms with Gasteiger partial charge in [0.1, 0.15) is 11.5 Å². The molecule has 25 heavy (non-hydrogen) atoms. The monoisotopic (exact) mass is 324 g/mol. The Labute approximate surface area is 146 Å². The standard InChI is InChI=1S/C22H16N2O/c1-3-11-21(19(9-1)17-7-5-13-23-15-17)25-22-12-4-2-10-20(22)18-8-6-14-24-16-18/h1-16H. The van der Waals surface area contributed by atoms with Crippen molar-refractivity contribution in [2.75, 3.05) is 0 Å². The second-order valence-electron chi connectivity index (χ2n) is 5.58. The first-order valence-corrected chi connectivity index (χ1v) is 8.08. The molecule has 0 amide bonds. The van der Waals surface area contributed by atoms with Crippen LogP contribution in [0.15, 0.2) is 97.6 Å². The maximum absolute atomic E-state index is 6.29. The van der Waals surface area contributed by atoms with Crippen LogP contribution in [-0.4, -0.2) is 9.97 Å². The average molecular weight is 324 g/mol. The zero-order valence-electron chi connectivity index (χ0n) is 13.5. The van der Waals surface area contributed by atoms with Gasteiger partial charge >= 0.3 is 0 Å².